The molecule has 2 heterocycles. The topological polar surface area (TPSA) is 53.6 Å². The van der Waals surface area contributed by atoms with Crippen LogP contribution in [0.5, 0.6) is 0 Å². The van der Waals surface area contributed by atoms with Crippen LogP contribution in [0, 0.1) is 6.92 Å². The Morgan fingerprint density at radius 2 is 2.00 bits per heavy atom. The summed E-state index contributed by atoms with van der Waals surface area (Å²) >= 11 is 6.14. The zero-order valence-electron chi connectivity index (χ0n) is 10.7. The molecular weight excluding hydrogens is 260 g/mol. The number of nitrogens with zero attached hydrogens (tertiary/aromatic N) is 2. The molecule has 3 rings (SSSR count). The van der Waals surface area contributed by atoms with Crippen molar-refractivity contribution < 1.29 is 0 Å². The molecule has 0 aliphatic heterocycles. The van der Waals surface area contributed by atoms with Gasteiger partial charge >= 0.3 is 0 Å². The van der Waals surface area contributed by atoms with Gasteiger partial charge in [-0.1, -0.05) is 23.7 Å². The van der Waals surface area contributed by atoms with E-state index in [0.29, 0.717) is 5.65 Å². The number of pyridine rings is 1. The van der Waals surface area contributed by atoms with Gasteiger partial charge in [-0.3, -0.25) is 0 Å². The number of halogens is 1. The molecule has 3 aromatic rings. The van der Waals surface area contributed by atoms with E-state index in [4.69, 9.17) is 11.6 Å². The van der Waals surface area contributed by atoms with E-state index in [0.717, 1.165) is 33.3 Å². The van der Waals surface area contributed by atoms with Gasteiger partial charge in [-0.15, -0.1) is 0 Å². The standard InChI is InChI=1S/C14H13ClN4/c1-8-9(4-3-5-10(8)15)13-17-11-6-7-12(16-2)18-14(11)19-13/h3-7H,1-2H3,(H2,16,17,18,19). The molecule has 0 spiro atoms. The number of anilines is 1. The molecular formula is C14H13ClN4. The molecule has 2 aromatic heterocycles. The Bertz CT molecular complexity index is 748. The molecule has 2 N–H and O–H groups in total. The van der Waals surface area contributed by atoms with Crippen molar-refractivity contribution in [3.8, 4) is 11.4 Å². The highest BCUT2D eigenvalue weighted by Gasteiger charge is 2.10. The molecule has 0 saturated heterocycles. The van der Waals surface area contributed by atoms with Crippen molar-refractivity contribution in [3.05, 3.63) is 40.9 Å². The largest absolute Gasteiger partial charge is 0.373 e. The van der Waals surface area contributed by atoms with Gasteiger partial charge in [0, 0.05) is 17.6 Å². The highest BCUT2D eigenvalue weighted by molar-refractivity contribution is 6.31. The molecule has 0 aliphatic rings. The third kappa shape index (κ3) is 2.04. The minimum Gasteiger partial charge on any atom is -0.373 e. The van der Waals surface area contributed by atoms with Crippen LogP contribution in [-0.4, -0.2) is 22.0 Å². The second kappa shape index (κ2) is 4.55. The van der Waals surface area contributed by atoms with Crippen molar-refractivity contribution in [3.63, 3.8) is 0 Å². The maximum absolute atomic E-state index is 6.14. The summed E-state index contributed by atoms with van der Waals surface area (Å²) < 4.78 is 0. The summed E-state index contributed by atoms with van der Waals surface area (Å²) in [5.74, 6) is 1.59. The lowest BCUT2D eigenvalue weighted by molar-refractivity contribution is 1.27. The van der Waals surface area contributed by atoms with Gasteiger partial charge in [0.15, 0.2) is 5.65 Å². The van der Waals surface area contributed by atoms with Gasteiger partial charge in [-0.25, -0.2) is 9.97 Å². The molecule has 96 valence electrons. The van der Waals surface area contributed by atoms with E-state index in [1.54, 1.807) is 0 Å². The molecule has 0 unspecified atom stereocenters. The van der Waals surface area contributed by atoms with Crippen LogP contribution >= 0.6 is 11.6 Å². The van der Waals surface area contributed by atoms with E-state index in [1.165, 1.54) is 0 Å². The predicted octanol–water partition coefficient (Wildman–Crippen LogP) is 3.63. The Morgan fingerprint density at radius 1 is 1.16 bits per heavy atom. The van der Waals surface area contributed by atoms with Crippen molar-refractivity contribution >= 4 is 28.6 Å². The zero-order valence-corrected chi connectivity index (χ0v) is 11.4. The van der Waals surface area contributed by atoms with Crippen LogP contribution in [0.4, 0.5) is 5.82 Å². The quantitative estimate of drug-likeness (QED) is 0.749. The van der Waals surface area contributed by atoms with Crippen molar-refractivity contribution in [1.82, 2.24) is 15.0 Å². The van der Waals surface area contributed by atoms with E-state index < -0.39 is 0 Å². The third-order valence-corrected chi connectivity index (χ3v) is 3.53. The molecule has 0 saturated carbocycles. The summed E-state index contributed by atoms with van der Waals surface area (Å²) in [7, 11) is 1.84. The monoisotopic (exact) mass is 272 g/mol. The molecule has 1 aromatic carbocycles. The Balaban J connectivity index is 2.18. The number of hydrogen-bond donors (Lipinski definition) is 2. The first kappa shape index (κ1) is 12.0. The van der Waals surface area contributed by atoms with Gasteiger partial charge in [0.2, 0.25) is 0 Å². The number of benzene rings is 1. The lowest BCUT2D eigenvalue weighted by Crippen LogP contribution is -1.91. The van der Waals surface area contributed by atoms with Crippen LogP contribution in [0.15, 0.2) is 30.3 Å². The SMILES string of the molecule is CNc1ccc2[nH]c(-c3cccc(Cl)c3C)nc2n1. The van der Waals surface area contributed by atoms with Gasteiger partial charge in [0.05, 0.1) is 5.52 Å². The third-order valence-electron chi connectivity index (χ3n) is 3.12. The summed E-state index contributed by atoms with van der Waals surface area (Å²) in [4.78, 5) is 12.2. The highest BCUT2D eigenvalue weighted by atomic mass is 35.5. The fraction of sp³-hybridized carbons (Fsp3) is 0.143. The number of aromatic amines is 1. The first-order chi connectivity index (χ1) is 9.19. The first-order valence-electron chi connectivity index (χ1n) is 5.99. The van der Waals surface area contributed by atoms with Gasteiger partial charge in [0.25, 0.3) is 0 Å². The Hall–Kier alpha value is -2.07. The second-order valence-electron chi connectivity index (χ2n) is 4.32. The molecule has 0 bridgehead atoms. The lowest BCUT2D eigenvalue weighted by Gasteiger charge is -2.03. The van der Waals surface area contributed by atoms with Crippen molar-refractivity contribution in [1.29, 1.82) is 0 Å². The molecule has 0 amide bonds. The summed E-state index contributed by atoms with van der Waals surface area (Å²) in [5, 5.41) is 3.74. The smallest absolute Gasteiger partial charge is 0.180 e. The molecule has 4 nitrogen and oxygen atoms in total. The fourth-order valence-corrected chi connectivity index (χ4v) is 2.20. The number of rotatable bonds is 2. The van der Waals surface area contributed by atoms with Crippen molar-refractivity contribution in [2.45, 2.75) is 6.92 Å². The van der Waals surface area contributed by atoms with Crippen LogP contribution in [-0.2, 0) is 0 Å². The summed E-state index contributed by atoms with van der Waals surface area (Å²) in [5.41, 5.74) is 3.61. The Kier molecular flexibility index (Phi) is 2.87. The van der Waals surface area contributed by atoms with Gasteiger partial charge < -0.3 is 10.3 Å². The number of aromatic nitrogens is 3. The lowest BCUT2D eigenvalue weighted by atomic mass is 10.1. The Morgan fingerprint density at radius 3 is 2.79 bits per heavy atom. The zero-order chi connectivity index (χ0) is 13.4. The molecule has 0 aliphatic carbocycles. The van der Waals surface area contributed by atoms with Crippen molar-refractivity contribution in [2.75, 3.05) is 12.4 Å². The molecule has 5 heteroatoms. The predicted molar refractivity (Wildman–Crippen MR) is 78.6 cm³/mol. The van der Waals surface area contributed by atoms with E-state index in [2.05, 4.69) is 20.3 Å². The normalized spacial score (nSPS) is 10.9. The van der Waals surface area contributed by atoms with Crippen LogP contribution in [0.25, 0.3) is 22.6 Å². The van der Waals surface area contributed by atoms with Gasteiger partial charge in [-0.05, 0) is 30.7 Å². The summed E-state index contributed by atoms with van der Waals surface area (Å²) in [6.45, 7) is 1.98. The number of hydrogen-bond acceptors (Lipinski definition) is 3. The van der Waals surface area contributed by atoms with Crippen LogP contribution in [0.3, 0.4) is 0 Å². The van der Waals surface area contributed by atoms with Gasteiger partial charge in [0.1, 0.15) is 11.6 Å². The summed E-state index contributed by atoms with van der Waals surface area (Å²) in [6, 6.07) is 9.67. The van der Waals surface area contributed by atoms with Crippen LogP contribution in [0.1, 0.15) is 5.56 Å². The number of nitrogens with one attached hydrogen (secondary N) is 2. The van der Waals surface area contributed by atoms with E-state index in [-0.39, 0.29) is 0 Å². The van der Waals surface area contributed by atoms with Gasteiger partial charge in [-0.2, -0.15) is 0 Å². The number of imidazole rings is 1. The van der Waals surface area contributed by atoms with E-state index in [9.17, 15) is 0 Å². The summed E-state index contributed by atoms with van der Waals surface area (Å²) in [6.07, 6.45) is 0. The highest BCUT2D eigenvalue weighted by Crippen LogP contribution is 2.27. The van der Waals surface area contributed by atoms with Crippen LogP contribution < -0.4 is 5.32 Å². The second-order valence-corrected chi connectivity index (χ2v) is 4.72. The first-order valence-corrected chi connectivity index (χ1v) is 6.37. The van der Waals surface area contributed by atoms with Crippen molar-refractivity contribution in [2.24, 2.45) is 0 Å². The minimum absolute atomic E-state index is 0.696. The average Bonchev–Trinajstić information content (AvgIpc) is 2.84. The van der Waals surface area contributed by atoms with Crippen LogP contribution in [0.2, 0.25) is 5.02 Å². The molecule has 0 atom stereocenters. The molecule has 0 fully saturated rings. The van der Waals surface area contributed by atoms with E-state index >= 15 is 0 Å². The fourth-order valence-electron chi connectivity index (χ4n) is 2.02. The average molecular weight is 273 g/mol. The molecule has 0 radical (unpaired) electrons. The molecule has 19 heavy (non-hydrogen) atoms. The number of fused-ring (bicyclic) bond motifs is 1. The Labute approximate surface area is 115 Å². The van der Waals surface area contributed by atoms with E-state index in [1.807, 2.05) is 44.3 Å². The maximum atomic E-state index is 6.14. The number of H-pyrrole nitrogens is 1. The minimum atomic E-state index is 0.696. The maximum Gasteiger partial charge on any atom is 0.180 e.